The van der Waals surface area contributed by atoms with Crippen molar-refractivity contribution in [2.45, 2.75) is 26.4 Å². The molecule has 5 nitrogen and oxygen atoms in total. The molecule has 0 atom stereocenters. The molecule has 1 aromatic carbocycles. The molecule has 0 heterocycles. The molecule has 0 aromatic heterocycles. The summed E-state index contributed by atoms with van der Waals surface area (Å²) in [5.41, 5.74) is -0.00204. The number of esters is 1. The van der Waals surface area contributed by atoms with E-state index in [1.165, 1.54) is 7.11 Å². The standard InChI is InChI=1S/C18H24O5/c1-6-17(19)23-18(3,4)16(20-5)12-14-8-10-15(11-9-14)22-13-21-7-2/h6,8-12H,1,7,13H2,2-5H3/b16-12+. The number of hydrogen-bond donors (Lipinski definition) is 0. The average Bonchev–Trinajstić information content (AvgIpc) is 2.53. The average molecular weight is 320 g/mol. The van der Waals surface area contributed by atoms with Crippen LogP contribution < -0.4 is 4.74 Å². The van der Waals surface area contributed by atoms with Gasteiger partial charge >= 0.3 is 5.97 Å². The van der Waals surface area contributed by atoms with Crippen LogP contribution in [0.2, 0.25) is 0 Å². The summed E-state index contributed by atoms with van der Waals surface area (Å²) in [6, 6.07) is 7.43. The van der Waals surface area contributed by atoms with Crippen LogP contribution in [0.15, 0.2) is 42.7 Å². The number of methoxy groups -OCH3 is 1. The lowest BCUT2D eigenvalue weighted by atomic mass is 10.0. The molecule has 0 bridgehead atoms. The SMILES string of the molecule is C=CC(=O)OC(C)(C)/C(=C\c1ccc(OCOCC)cc1)OC. The zero-order valence-electron chi connectivity index (χ0n) is 14.1. The summed E-state index contributed by atoms with van der Waals surface area (Å²) in [6.45, 7) is 9.64. The van der Waals surface area contributed by atoms with E-state index < -0.39 is 11.6 Å². The van der Waals surface area contributed by atoms with Gasteiger partial charge in [-0.15, -0.1) is 0 Å². The van der Waals surface area contributed by atoms with E-state index in [-0.39, 0.29) is 6.79 Å². The van der Waals surface area contributed by atoms with Crippen LogP contribution in [0.25, 0.3) is 6.08 Å². The highest BCUT2D eigenvalue weighted by atomic mass is 16.7. The fraction of sp³-hybridized carbons (Fsp3) is 0.389. The Balaban J connectivity index is 2.84. The third-order valence-corrected chi connectivity index (χ3v) is 3.03. The van der Waals surface area contributed by atoms with Gasteiger partial charge in [-0.3, -0.25) is 0 Å². The van der Waals surface area contributed by atoms with Crippen molar-refractivity contribution < 1.29 is 23.7 Å². The normalized spacial score (nSPS) is 11.7. The minimum Gasteiger partial charge on any atom is -0.497 e. The van der Waals surface area contributed by atoms with E-state index in [0.29, 0.717) is 18.1 Å². The minimum absolute atomic E-state index is 0.222. The summed E-state index contributed by atoms with van der Waals surface area (Å²) in [6.07, 6.45) is 2.93. The molecule has 0 aliphatic heterocycles. The molecule has 0 unspecified atom stereocenters. The molecule has 126 valence electrons. The van der Waals surface area contributed by atoms with Gasteiger partial charge in [-0.25, -0.2) is 4.79 Å². The number of benzene rings is 1. The Morgan fingerprint density at radius 1 is 1.26 bits per heavy atom. The smallest absolute Gasteiger partial charge is 0.331 e. The van der Waals surface area contributed by atoms with Crippen molar-refractivity contribution >= 4 is 12.0 Å². The van der Waals surface area contributed by atoms with Crippen LogP contribution in [0.1, 0.15) is 26.3 Å². The van der Waals surface area contributed by atoms with Crippen LogP contribution in [0.4, 0.5) is 0 Å². The predicted molar refractivity (Wildman–Crippen MR) is 88.9 cm³/mol. The minimum atomic E-state index is -0.899. The largest absolute Gasteiger partial charge is 0.497 e. The fourth-order valence-corrected chi connectivity index (χ4v) is 1.83. The lowest BCUT2D eigenvalue weighted by Crippen LogP contribution is -2.30. The molecule has 0 radical (unpaired) electrons. The first-order valence-corrected chi connectivity index (χ1v) is 7.35. The fourth-order valence-electron chi connectivity index (χ4n) is 1.83. The maximum Gasteiger partial charge on any atom is 0.331 e. The van der Waals surface area contributed by atoms with E-state index in [1.54, 1.807) is 13.8 Å². The van der Waals surface area contributed by atoms with E-state index in [9.17, 15) is 4.79 Å². The van der Waals surface area contributed by atoms with Gasteiger partial charge in [-0.1, -0.05) is 18.7 Å². The van der Waals surface area contributed by atoms with Crippen molar-refractivity contribution in [1.82, 2.24) is 0 Å². The lowest BCUT2D eigenvalue weighted by molar-refractivity contribution is -0.149. The molecule has 1 rings (SSSR count). The van der Waals surface area contributed by atoms with Crippen LogP contribution >= 0.6 is 0 Å². The zero-order chi connectivity index (χ0) is 17.3. The zero-order valence-corrected chi connectivity index (χ0v) is 14.1. The van der Waals surface area contributed by atoms with Gasteiger partial charge in [0.1, 0.15) is 11.5 Å². The molecule has 0 fully saturated rings. The first-order chi connectivity index (χ1) is 10.9. The Hall–Kier alpha value is -2.27. The Bertz CT molecular complexity index is 543. The van der Waals surface area contributed by atoms with Crippen molar-refractivity contribution in [3.8, 4) is 5.75 Å². The third kappa shape index (κ3) is 6.16. The van der Waals surface area contributed by atoms with Crippen molar-refractivity contribution in [1.29, 1.82) is 0 Å². The van der Waals surface area contributed by atoms with E-state index in [4.69, 9.17) is 18.9 Å². The van der Waals surface area contributed by atoms with Gasteiger partial charge < -0.3 is 18.9 Å². The highest BCUT2D eigenvalue weighted by Gasteiger charge is 2.28. The summed E-state index contributed by atoms with van der Waals surface area (Å²) in [5.74, 6) is 0.736. The first-order valence-electron chi connectivity index (χ1n) is 7.35. The van der Waals surface area contributed by atoms with Gasteiger partial charge in [-0.05, 0) is 44.5 Å². The second-order valence-electron chi connectivity index (χ2n) is 5.17. The summed E-state index contributed by atoms with van der Waals surface area (Å²) in [5, 5.41) is 0. The van der Waals surface area contributed by atoms with Gasteiger partial charge in [0.25, 0.3) is 0 Å². The van der Waals surface area contributed by atoms with E-state index in [0.717, 1.165) is 11.6 Å². The first kappa shape index (κ1) is 18.8. The van der Waals surface area contributed by atoms with Crippen molar-refractivity contribution in [3.05, 3.63) is 48.2 Å². The molecule has 5 heteroatoms. The van der Waals surface area contributed by atoms with Crippen LogP contribution in [-0.2, 0) is 19.0 Å². The number of rotatable bonds is 9. The summed E-state index contributed by atoms with van der Waals surface area (Å²) < 4.78 is 21.2. The molecule has 0 aliphatic carbocycles. The van der Waals surface area contributed by atoms with Crippen LogP contribution in [0.5, 0.6) is 5.75 Å². The van der Waals surface area contributed by atoms with Crippen LogP contribution in [-0.4, -0.2) is 32.1 Å². The molecular weight excluding hydrogens is 296 g/mol. The second-order valence-corrected chi connectivity index (χ2v) is 5.17. The summed E-state index contributed by atoms with van der Waals surface area (Å²) in [4.78, 5) is 11.4. The quantitative estimate of drug-likeness (QED) is 0.229. The second kappa shape index (κ2) is 9.00. The highest BCUT2D eigenvalue weighted by Crippen LogP contribution is 2.25. The predicted octanol–water partition coefficient (Wildman–Crippen LogP) is 3.55. The number of hydrogen-bond acceptors (Lipinski definition) is 5. The van der Waals surface area contributed by atoms with E-state index >= 15 is 0 Å². The summed E-state index contributed by atoms with van der Waals surface area (Å²) in [7, 11) is 1.54. The number of carbonyl (C=O) groups excluding carboxylic acids is 1. The molecule has 23 heavy (non-hydrogen) atoms. The van der Waals surface area contributed by atoms with Crippen LogP contribution in [0.3, 0.4) is 0 Å². The maximum atomic E-state index is 11.4. The Morgan fingerprint density at radius 2 is 1.91 bits per heavy atom. The Kier molecular flexibility index (Phi) is 7.35. The van der Waals surface area contributed by atoms with E-state index in [1.807, 2.05) is 37.3 Å². The van der Waals surface area contributed by atoms with E-state index in [2.05, 4.69) is 6.58 Å². The van der Waals surface area contributed by atoms with Crippen molar-refractivity contribution in [2.75, 3.05) is 20.5 Å². The monoisotopic (exact) mass is 320 g/mol. The van der Waals surface area contributed by atoms with Gasteiger partial charge in [0, 0.05) is 12.7 Å². The molecule has 1 aromatic rings. The molecule has 0 saturated carbocycles. The van der Waals surface area contributed by atoms with Gasteiger partial charge in [0.15, 0.2) is 12.4 Å². The third-order valence-electron chi connectivity index (χ3n) is 3.03. The maximum absolute atomic E-state index is 11.4. The van der Waals surface area contributed by atoms with Crippen LogP contribution in [0, 0.1) is 0 Å². The molecule has 0 N–H and O–H groups in total. The molecule has 0 saturated heterocycles. The molecule has 0 aliphatic rings. The van der Waals surface area contributed by atoms with Gasteiger partial charge in [-0.2, -0.15) is 0 Å². The number of ether oxygens (including phenoxy) is 4. The Morgan fingerprint density at radius 3 is 2.43 bits per heavy atom. The highest BCUT2D eigenvalue weighted by molar-refractivity contribution is 5.81. The van der Waals surface area contributed by atoms with Crippen molar-refractivity contribution in [2.24, 2.45) is 0 Å². The lowest BCUT2D eigenvalue weighted by Gasteiger charge is -2.26. The molecular formula is C18H24O5. The van der Waals surface area contributed by atoms with Gasteiger partial charge in [0.05, 0.1) is 7.11 Å². The van der Waals surface area contributed by atoms with Crippen molar-refractivity contribution in [3.63, 3.8) is 0 Å². The topological polar surface area (TPSA) is 54.0 Å². The Labute approximate surface area is 137 Å². The summed E-state index contributed by atoms with van der Waals surface area (Å²) >= 11 is 0. The molecule has 0 spiro atoms. The number of carbonyl (C=O) groups is 1. The van der Waals surface area contributed by atoms with Gasteiger partial charge in [0.2, 0.25) is 0 Å². The molecule has 0 amide bonds.